The van der Waals surface area contributed by atoms with Crippen LogP contribution in [0.15, 0.2) is 60.9 Å². The summed E-state index contributed by atoms with van der Waals surface area (Å²) in [6.07, 6.45) is 2.59. The van der Waals surface area contributed by atoms with Crippen LogP contribution in [0.1, 0.15) is 33.3 Å². The van der Waals surface area contributed by atoms with Gasteiger partial charge < -0.3 is 15.8 Å². The van der Waals surface area contributed by atoms with E-state index in [4.69, 9.17) is 12.3 Å². The fraction of sp³-hybridized carbons (Fsp3) is 0.154. The van der Waals surface area contributed by atoms with Gasteiger partial charge in [-0.2, -0.15) is 4.73 Å². The molecular weight excluding hydrogens is 504 g/mol. The van der Waals surface area contributed by atoms with E-state index in [1.54, 1.807) is 27.7 Å². The van der Waals surface area contributed by atoms with E-state index in [0.717, 1.165) is 24.4 Å². The Kier molecular flexibility index (Phi) is 12.5. The Morgan fingerprint density at radius 1 is 0.842 bits per heavy atom. The van der Waals surface area contributed by atoms with Crippen molar-refractivity contribution in [1.82, 2.24) is 15.0 Å². The Labute approximate surface area is 216 Å². The summed E-state index contributed by atoms with van der Waals surface area (Å²) in [6, 6.07) is 9.66. The van der Waals surface area contributed by atoms with Crippen molar-refractivity contribution in [3.8, 4) is 0 Å². The van der Waals surface area contributed by atoms with Gasteiger partial charge >= 0.3 is 0 Å². The highest BCUT2D eigenvalue weighted by Gasteiger charge is 2.04. The van der Waals surface area contributed by atoms with Crippen LogP contribution in [0, 0.1) is 62.7 Å². The minimum atomic E-state index is -0.715. The summed E-state index contributed by atoms with van der Waals surface area (Å²) in [5.41, 5.74) is 6.90. The summed E-state index contributed by atoms with van der Waals surface area (Å²) < 4.78 is 49.9. The van der Waals surface area contributed by atoms with Crippen molar-refractivity contribution in [2.24, 2.45) is 5.73 Å². The smallest absolute Gasteiger partial charge is 0.272 e. The predicted molar refractivity (Wildman–Crippen MR) is 132 cm³/mol. The van der Waals surface area contributed by atoms with E-state index in [1.165, 1.54) is 36.5 Å². The Bertz CT molecular complexity index is 1370. The minimum absolute atomic E-state index is 0.0394. The molecular formula is C26H24F4N6O2. The minimum Gasteiger partial charge on any atom is -0.619 e. The van der Waals surface area contributed by atoms with Crippen LogP contribution >= 0.6 is 0 Å². The van der Waals surface area contributed by atoms with Crippen molar-refractivity contribution >= 4 is 11.7 Å². The molecule has 198 valence electrons. The van der Waals surface area contributed by atoms with Crippen LogP contribution in [0.3, 0.4) is 0 Å². The van der Waals surface area contributed by atoms with Crippen molar-refractivity contribution in [1.29, 1.82) is 0 Å². The molecule has 0 aliphatic heterocycles. The molecule has 0 unspecified atom stereocenters. The molecule has 0 atom stereocenters. The van der Waals surface area contributed by atoms with Crippen LogP contribution in [-0.2, 0) is 0 Å². The van der Waals surface area contributed by atoms with Gasteiger partial charge in [0.05, 0.1) is 0 Å². The number of aromatic nitrogens is 4. The first-order chi connectivity index (χ1) is 17.8. The summed E-state index contributed by atoms with van der Waals surface area (Å²) in [5.74, 6) is -2.10. The van der Waals surface area contributed by atoms with Gasteiger partial charge in [-0.1, -0.05) is 6.57 Å². The molecule has 2 N–H and O–H groups in total. The van der Waals surface area contributed by atoms with Crippen LogP contribution in [0.25, 0.3) is 4.85 Å². The van der Waals surface area contributed by atoms with Crippen LogP contribution in [0.4, 0.5) is 23.4 Å². The number of pyridine rings is 4. The largest absolute Gasteiger partial charge is 0.619 e. The van der Waals surface area contributed by atoms with Crippen LogP contribution < -0.4 is 10.5 Å². The molecule has 38 heavy (non-hydrogen) atoms. The van der Waals surface area contributed by atoms with Crippen LogP contribution in [0.5, 0.6) is 0 Å². The second-order valence-electron chi connectivity index (χ2n) is 7.50. The molecule has 4 aromatic heterocycles. The molecule has 0 saturated carbocycles. The normalized spacial score (nSPS) is 9.34. The number of primary amides is 1. The van der Waals surface area contributed by atoms with E-state index >= 15 is 0 Å². The highest BCUT2D eigenvalue weighted by Crippen LogP contribution is 2.10. The quantitative estimate of drug-likeness (QED) is 0.162. The maximum Gasteiger partial charge on any atom is 0.272 e. The lowest BCUT2D eigenvalue weighted by atomic mass is 10.3. The molecule has 0 aliphatic carbocycles. The van der Waals surface area contributed by atoms with Gasteiger partial charge in [-0.05, 0) is 38.1 Å². The lowest BCUT2D eigenvalue weighted by Gasteiger charge is -1.96. The van der Waals surface area contributed by atoms with E-state index in [9.17, 15) is 27.6 Å². The fourth-order valence-corrected chi connectivity index (χ4v) is 2.50. The molecule has 0 saturated heterocycles. The number of hydrogen-bond donors (Lipinski definition) is 1. The SMILES string of the molecule is Cc1cc(F)cc(C(N)=O)n1.Cc1cc(F)cc[n+]1[O-].Cc1cc(F)ccn1.[C-]#[N+]c1cc(F)cc(C)n1. The lowest BCUT2D eigenvalue weighted by Crippen LogP contribution is -2.28. The topological polar surface area (TPSA) is 113 Å². The first kappa shape index (κ1) is 31.1. The summed E-state index contributed by atoms with van der Waals surface area (Å²) in [5, 5.41) is 10.5. The number of hydrogen-bond acceptors (Lipinski definition) is 5. The van der Waals surface area contributed by atoms with Gasteiger partial charge in [0.2, 0.25) is 0 Å². The number of aryl methyl sites for hydroxylation is 4. The van der Waals surface area contributed by atoms with Gasteiger partial charge in [-0.15, -0.1) is 4.98 Å². The number of carbonyl (C=O) groups is 1. The summed E-state index contributed by atoms with van der Waals surface area (Å²) in [6.45, 7) is 13.1. The number of carbonyl (C=O) groups excluding carboxylic acids is 1. The van der Waals surface area contributed by atoms with Crippen molar-refractivity contribution in [2.45, 2.75) is 27.7 Å². The predicted octanol–water partition coefficient (Wildman–Crippen LogP) is 5.00. The summed E-state index contributed by atoms with van der Waals surface area (Å²) >= 11 is 0. The van der Waals surface area contributed by atoms with Crippen LogP contribution in [-0.4, -0.2) is 20.9 Å². The second kappa shape index (κ2) is 15.2. The van der Waals surface area contributed by atoms with E-state index in [2.05, 4.69) is 19.8 Å². The molecule has 0 spiro atoms. The Morgan fingerprint density at radius 2 is 1.39 bits per heavy atom. The first-order valence-corrected chi connectivity index (χ1v) is 10.7. The average molecular weight is 529 g/mol. The molecule has 0 radical (unpaired) electrons. The Morgan fingerprint density at radius 3 is 1.82 bits per heavy atom. The second-order valence-corrected chi connectivity index (χ2v) is 7.50. The molecule has 4 heterocycles. The highest BCUT2D eigenvalue weighted by molar-refractivity contribution is 5.90. The van der Waals surface area contributed by atoms with Gasteiger partial charge in [0.1, 0.15) is 34.7 Å². The number of amides is 1. The molecule has 0 aromatic carbocycles. The molecule has 4 rings (SSSR count). The van der Waals surface area contributed by atoms with Gasteiger partial charge in [-0.25, -0.2) is 22.5 Å². The number of nitrogens with two attached hydrogens (primary N) is 1. The van der Waals surface area contributed by atoms with Crippen molar-refractivity contribution in [3.05, 3.63) is 129 Å². The van der Waals surface area contributed by atoms with E-state index in [0.29, 0.717) is 27.5 Å². The summed E-state index contributed by atoms with van der Waals surface area (Å²) in [4.78, 5) is 24.8. The monoisotopic (exact) mass is 528 g/mol. The fourth-order valence-electron chi connectivity index (χ4n) is 2.50. The molecule has 4 aromatic rings. The third-order valence-electron chi connectivity index (χ3n) is 4.11. The average Bonchev–Trinajstić information content (AvgIpc) is 2.81. The zero-order chi connectivity index (χ0) is 28.8. The van der Waals surface area contributed by atoms with E-state index in [1.807, 2.05) is 0 Å². The van der Waals surface area contributed by atoms with Gasteiger partial charge in [0.25, 0.3) is 11.7 Å². The van der Waals surface area contributed by atoms with E-state index in [-0.39, 0.29) is 23.1 Å². The molecule has 0 fully saturated rings. The zero-order valence-electron chi connectivity index (χ0n) is 20.9. The van der Waals surface area contributed by atoms with Gasteiger partial charge in [0.15, 0.2) is 11.9 Å². The number of halogens is 4. The van der Waals surface area contributed by atoms with Crippen molar-refractivity contribution < 1.29 is 27.1 Å². The maximum atomic E-state index is 12.5. The standard InChI is InChI=1S/C7H7FN2O.C7H5FN2.C6H6FNO.C6H6FN/c1-4-2-5(8)3-6(10-4)7(9)11;1-5-3-6(8)4-7(9-2)10-5;1-5-4-6(7)2-3-8(5)9;1-5-4-6(7)2-3-8-5/h2-3H,1H3,(H2,9,11);3-4H,1H3;2-4H,1H3;2-4H,1H3. The molecule has 12 heteroatoms. The van der Waals surface area contributed by atoms with Crippen molar-refractivity contribution in [2.75, 3.05) is 0 Å². The maximum absolute atomic E-state index is 12.5. The number of rotatable bonds is 1. The molecule has 0 aliphatic rings. The van der Waals surface area contributed by atoms with Crippen molar-refractivity contribution in [3.63, 3.8) is 0 Å². The van der Waals surface area contributed by atoms with Crippen LogP contribution in [0.2, 0.25) is 0 Å². The summed E-state index contributed by atoms with van der Waals surface area (Å²) in [7, 11) is 0. The molecule has 0 bridgehead atoms. The molecule has 1 amide bonds. The Hall–Kier alpha value is -4.92. The van der Waals surface area contributed by atoms with E-state index < -0.39 is 17.5 Å². The van der Waals surface area contributed by atoms with Gasteiger partial charge in [0, 0.05) is 55.7 Å². The lowest BCUT2D eigenvalue weighted by molar-refractivity contribution is -0.612. The third kappa shape index (κ3) is 12.2. The van der Waals surface area contributed by atoms with Gasteiger partial charge in [-0.3, -0.25) is 9.78 Å². The zero-order valence-corrected chi connectivity index (χ0v) is 20.9. The number of nitrogens with zero attached hydrogens (tertiary/aromatic N) is 5. The third-order valence-corrected chi connectivity index (χ3v) is 4.11. The first-order valence-electron chi connectivity index (χ1n) is 10.7. The molecule has 8 nitrogen and oxygen atoms in total. The Balaban J connectivity index is 0.000000255. The highest BCUT2D eigenvalue weighted by atomic mass is 19.1.